The molecule has 5 unspecified atom stereocenters. The van der Waals surface area contributed by atoms with Crippen LogP contribution in [-0.4, -0.2) is 11.7 Å². The molecule has 1 nitrogen and oxygen atoms in total. The molecule has 1 saturated heterocycles. The predicted octanol–water partition coefficient (Wildman–Crippen LogP) is 3.79. The van der Waals surface area contributed by atoms with E-state index >= 15 is 0 Å². The predicted molar refractivity (Wildman–Crippen MR) is 66.2 cm³/mol. The van der Waals surface area contributed by atoms with E-state index in [0.29, 0.717) is 6.10 Å². The highest BCUT2D eigenvalue weighted by Crippen LogP contribution is 2.57. The van der Waals surface area contributed by atoms with Gasteiger partial charge < -0.3 is 4.74 Å². The third kappa shape index (κ3) is 1.33. The van der Waals surface area contributed by atoms with Gasteiger partial charge in [0, 0.05) is 0 Å². The van der Waals surface area contributed by atoms with Crippen LogP contribution in [0.1, 0.15) is 46.5 Å². The first-order chi connectivity index (χ1) is 7.50. The van der Waals surface area contributed by atoms with Crippen molar-refractivity contribution >= 4 is 0 Å². The second-order valence-electron chi connectivity index (χ2n) is 6.73. The number of hydrogen-bond donors (Lipinski definition) is 0. The van der Waals surface area contributed by atoms with Gasteiger partial charge in [0.1, 0.15) is 0 Å². The van der Waals surface area contributed by atoms with Crippen LogP contribution in [-0.2, 0) is 4.74 Å². The van der Waals surface area contributed by atoms with Gasteiger partial charge in [-0.2, -0.15) is 0 Å². The Morgan fingerprint density at radius 2 is 2.00 bits per heavy atom. The largest absolute Gasteiger partial charge is 0.371 e. The molecule has 16 heavy (non-hydrogen) atoms. The molecule has 0 aromatic rings. The van der Waals surface area contributed by atoms with Crippen molar-refractivity contribution in [2.24, 2.45) is 23.7 Å². The van der Waals surface area contributed by atoms with Gasteiger partial charge in [0.05, 0.1) is 11.7 Å². The molecule has 3 fully saturated rings. The van der Waals surface area contributed by atoms with Gasteiger partial charge in [0.25, 0.3) is 0 Å². The third-order valence-corrected chi connectivity index (χ3v) is 5.44. The minimum Gasteiger partial charge on any atom is -0.371 e. The monoisotopic (exact) mass is 220 g/mol. The van der Waals surface area contributed by atoms with Gasteiger partial charge in [-0.15, -0.1) is 0 Å². The Balaban J connectivity index is 1.97. The summed E-state index contributed by atoms with van der Waals surface area (Å²) in [7, 11) is 0. The zero-order valence-electron chi connectivity index (χ0n) is 10.8. The standard InChI is InChI=1S/C15H24O/c1-9-6-8-12-13-11(9)7-5-10(2)14(13)16-15(12,3)4/h10-14H,1,5-8H2,2-4H3. The Labute approximate surface area is 99.3 Å². The molecule has 0 bridgehead atoms. The maximum atomic E-state index is 6.39. The van der Waals surface area contributed by atoms with Crippen LogP contribution in [0.4, 0.5) is 0 Å². The topological polar surface area (TPSA) is 9.23 Å². The normalized spacial score (nSPS) is 50.2. The van der Waals surface area contributed by atoms with Crippen molar-refractivity contribution in [3.05, 3.63) is 12.2 Å². The maximum absolute atomic E-state index is 6.39. The van der Waals surface area contributed by atoms with Crippen LogP contribution in [0.3, 0.4) is 0 Å². The number of ether oxygens (including phenoxy) is 1. The van der Waals surface area contributed by atoms with Crippen LogP contribution >= 0.6 is 0 Å². The molecular weight excluding hydrogens is 196 g/mol. The Hall–Kier alpha value is -0.300. The second kappa shape index (κ2) is 3.35. The van der Waals surface area contributed by atoms with Gasteiger partial charge in [-0.1, -0.05) is 19.1 Å². The highest BCUT2D eigenvalue weighted by molar-refractivity contribution is 5.16. The summed E-state index contributed by atoms with van der Waals surface area (Å²) < 4.78 is 6.39. The van der Waals surface area contributed by atoms with Crippen molar-refractivity contribution in [1.82, 2.24) is 0 Å². The molecular formula is C15H24O. The smallest absolute Gasteiger partial charge is 0.0662 e. The average Bonchev–Trinajstić information content (AvgIpc) is 2.49. The van der Waals surface area contributed by atoms with Gasteiger partial charge in [-0.25, -0.2) is 0 Å². The Kier molecular flexibility index (Phi) is 2.27. The number of rotatable bonds is 0. The molecule has 1 aliphatic heterocycles. The van der Waals surface area contributed by atoms with E-state index in [1.807, 2.05) is 0 Å². The van der Waals surface area contributed by atoms with Crippen molar-refractivity contribution in [3.8, 4) is 0 Å². The molecule has 2 saturated carbocycles. The van der Waals surface area contributed by atoms with Gasteiger partial charge in [-0.3, -0.25) is 0 Å². The molecule has 0 N–H and O–H groups in total. The fraction of sp³-hybridized carbons (Fsp3) is 0.867. The first-order valence-electron chi connectivity index (χ1n) is 6.86. The van der Waals surface area contributed by atoms with E-state index in [0.717, 1.165) is 23.7 Å². The highest BCUT2D eigenvalue weighted by atomic mass is 16.5. The maximum Gasteiger partial charge on any atom is 0.0662 e. The molecule has 90 valence electrons. The molecule has 0 spiro atoms. The fourth-order valence-electron chi connectivity index (χ4n) is 4.56. The molecule has 1 heterocycles. The molecule has 2 aliphatic carbocycles. The molecule has 1 heteroatoms. The van der Waals surface area contributed by atoms with E-state index in [4.69, 9.17) is 4.74 Å². The molecule has 3 aliphatic rings. The van der Waals surface area contributed by atoms with Crippen LogP contribution in [0.5, 0.6) is 0 Å². The second-order valence-corrected chi connectivity index (χ2v) is 6.73. The van der Waals surface area contributed by atoms with Gasteiger partial charge in [0.2, 0.25) is 0 Å². The van der Waals surface area contributed by atoms with Crippen LogP contribution in [0.2, 0.25) is 0 Å². The molecule has 0 aromatic carbocycles. The molecule has 0 radical (unpaired) electrons. The van der Waals surface area contributed by atoms with Gasteiger partial charge >= 0.3 is 0 Å². The minimum atomic E-state index is 0.104. The first kappa shape index (κ1) is 10.8. The van der Waals surface area contributed by atoms with Gasteiger partial charge in [-0.05, 0) is 63.2 Å². The van der Waals surface area contributed by atoms with Crippen LogP contribution in [0, 0.1) is 23.7 Å². The zero-order valence-corrected chi connectivity index (χ0v) is 10.8. The summed E-state index contributed by atoms with van der Waals surface area (Å²) in [5.74, 6) is 3.06. The lowest BCUT2D eigenvalue weighted by atomic mass is 9.59. The fourth-order valence-corrected chi connectivity index (χ4v) is 4.56. The molecule has 0 aromatic heterocycles. The first-order valence-corrected chi connectivity index (χ1v) is 6.86. The summed E-state index contributed by atoms with van der Waals surface area (Å²) in [4.78, 5) is 0. The van der Waals surface area contributed by atoms with E-state index in [9.17, 15) is 0 Å². The van der Waals surface area contributed by atoms with Crippen LogP contribution < -0.4 is 0 Å². The van der Waals surface area contributed by atoms with Crippen molar-refractivity contribution in [1.29, 1.82) is 0 Å². The quantitative estimate of drug-likeness (QED) is 0.564. The SMILES string of the molecule is C=C1CCC2C3C1CCC(C)C3OC2(C)C. The average molecular weight is 220 g/mol. The zero-order chi connectivity index (χ0) is 11.5. The van der Waals surface area contributed by atoms with E-state index < -0.39 is 0 Å². The van der Waals surface area contributed by atoms with E-state index in [2.05, 4.69) is 27.4 Å². The minimum absolute atomic E-state index is 0.104. The third-order valence-electron chi connectivity index (χ3n) is 5.44. The number of allylic oxidation sites excluding steroid dienone is 1. The van der Waals surface area contributed by atoms with Crippen molar-refractivity contribution in [2.45, 2.75) is 58.2 Å². The molecule has 3 rings (SSSR count). The molecule has 0 amide bonds. The van der Waals surface area contributed by atoms with E-state index in [-0.39, 0.29) is 5.60 Å². The Morgan fingerprint density at radius 1 is 1.25 bits per heavy atom. The summed E-state index contributed by atoms with van der Waals surface area (Å²) in [6.07, 6.45) is 5.73. The summed E-state index contributed by atoms with van der Waals surface area (Å²) in [6.45, 7) is 11.3. The van der Waals surface area contributed by atoms with Crippen molar-refractivity contribution in [2.75, 3.05) is 0 Å². The lowest BCUT2D eigenvalue weighted by molar-refractivity contribution is -0.0626. The van der Waals surface area contributed by atoms with E-state index in [1.54, 1.807) is 0 Å². The lowest BCUT2D eigenvalue weighted by Crippen LogP contribution is -2.41. The molecule has 5 atom stereocenters. The number of hydrogen-bond acceptors (Lipinski definition) is 1. The summed E-state index contributed by atoms with van der Waals surface area (Å²) in [5, 5.41) is 0. The van der Waals surface area contributed by atoms with E-state index in [1.165, 1.54) is 31.3 Å². The van der Waals surface area contributed by atoms with Crippen molar-refractivity contribution in [3.63, 3.8) is 0 Å². The lowest BCUT2D eigenvalue weighted by Gasteiger charge is -2.44. The van der Waals surface area contributed by atoms with Crippen molar-refractivity contribution < 1.29 is 4.74 Å². The van der Waals surface area contributed by atoms with Crippen LogP contribution in [0.15, 0.2) is 12.2 Å². The summed E-state index contributed by atoms with van der Waals surface area (Å²) in [6, 6.07) is 0. The summed E-state index contributed by atoms with van der Waals surface area (Å²) >= 11 is 0. The summed E-state index contributed by atoms with van der Waals surface area (Å²) in [5.41, 5.74) is 1.62. The Bertz CT molecular complexity index is 317. The van der Waals surface area contributed by atoms with Gasteiger partial charge in [0.15, 0.2) is 0 Å². The Morgan fingerprint density at radius 3 is 2.75 bits per heavy atom. The highest BCUT2D eigenvalue weighted by Gasteiger charge is 2.56. The van der Waals surface area contributed by atoms with Crippen LogP contribution in [0.25, 0.3) is 0 Å².